The number of carbonyl (C=O) groups excluding carboxylic acids is 4. The van der Waals surface area contributed by atoms with Crippen molar-refractivity contribution in [1.82, 2.24) is 16.0 Å². The number of rotatable bonds is 12. The van der Waals surface area contributed by atoms with E-state index in [9.17, 15) is 24.0 Å². The summed E-state index contributed by atoms with van der Waals surface area (Å²) in [5.74, 6) is -3.80. The molecule has 0 saturated heterocycles. The van der Waals surface area contributed by atoms with Crippen LogP contribution in [-0.4, -0.2) is 59.9 Å². The zero-order valence-electron chi connectivity index (χ0n) is 14.9. The molecule has 0 radical (unpaired) electrons. The maximum absolute atomic E-state index is 12.4. The van der Waals surface area contributed by atoms with Crippen molar-refractivity contribution in [3.05, 3.63) is 0 Å². The minimum absolute atomic E-state index is 0.0265. The SMILES string of the molecule is CC(C)C[C@@H](NC(=O)[C@H](CCC(N)=O)NC(=O)CN)C(=O)NCC(=O)O. The summed E-state index contributed by atoms with van der Waals surface area (Å²) in [5.41, 5.74) is 10.3. The maximum Gasteiger partial charge on any atom is 0.322 e. The molecule has 148 valence electrons. The Bertz CT molecular complexity index is 537. The van der Waals surface area contributed by atoms with Crippen molar-refractivity contribution in [3.63, 3.8) is 0 Å². The lowest BCUT2D eigenvalue weighted by Gasteiger charge is -2.23. The Morgan fingerprint density at radius 1 is 1.00 bits per heavy atom. The van der Waals surface area contributed by atoms with Crippen LogP contribution in [0.1, 0.15) is 33.1 Å². The Morgan fingerprint density at radius 3 is 2.08 bits per heavy atom. The molecule has 26 heavy (non-hydrogen) atoms. The summed E-state index contributed by atoms with van der Waals surface area (Å²) < 4.78 is 0. The number of carboxylic acid groups (broad SMARTS) is 1. The monoisotopic (exact) mass is 373 g/mol. The number of nitrogens with one attached hydrogen (secondary N) is 3. The first-order chi connectivity index (χ1) is 12.1. The molecule has 0 aromatic heterocycles. The Balaban J connectivity index is 5.09. The predicted octanol–water partition coefficient (Wildman–Crippen LogP) is -2.57. The van der Waals surface area contributed by atoms with Crippen LogP contribution in [0.2, 0.25) is 0 Å². The third-order valence-electron chi connectivity index (χ3n) is 3.27. The lowest BCUT2D eigenvalue weighted by Crippen LogP contribution is -2.55. The van der Waals surface area contributed by atoms with Gasteiger partial charge in [0.05, 0.1) is 6.54 Å². The van der Waals surface area contributed by atoms with E-state index in [1.54, 1.807) is 0 Å². The minimum atomic E-state index is -1.22. The van der Waals surface area contributed by atoms with Crippen molar-refractivity contribution in [2.75, 3.05) is 13.1 Å². The summed E-state index contributed by atoms with van der Waals surface area (Å²) >= 11 is 0. The second-order valence-corrected chi connectivity index (χ2v) is 6.13. The average Bonchev–Trinajstić information content (AvgIpc) is 2.54. The first-order valence-corrected chi connectivity index (χ1v) is 8.14. The highest BCUT2D eigenvalue weighted by atomic mass is 16.4. The lowest BCUT2D eigenvalue weighted by atomic mass is 10.0. The summed E-state index contributed by atoms with van der Waals surface area (Å²) in [7, 11) is 0. The Morgan fingerprint density at radius 2 is 1.62 bits per heavy atom. The summed E-state index contributed by atoms with van der Waals surface area (Å²) in [6.45, 7) is 2.71. The van der Waals surface area contributed by atoms with Crippen molar-refractivity contribution in [3.8, 4) is 0 Å². The fourth-order valence-corrected chi connectivity index (χ4v) is 2.07. The third kappa shape index (κ3) is 10.2. The molecule has 0 heterocycles. The van der Waals surface area contributed by atoms with Crippen LogP contribution in [-0.2, 0) is 24.0 Å². The van der Waals surface area contributed by atoms with Crippen LogP contribution in [0, 0.1) is 5.92 Å². The summed E-state index contributed by atoms with van der Waals surface area (Å²) in [6.07, 6.45) is 0.0472. The standard InChI is InChI=1S/C15H27N5O6/c1-8(2)5-10(14(25)18-7-13(23)24)20-15(26)9(3-4-11(17)21)19-12(22)6-16/h8-10H,3-7,16H2,1-2H3,(H2,17,21)(H,18,25)(H,19,22)(H,20,26)(H,23,24)/t9-,10+/m0/s1. The Labute approximate surface area is 151 Å². The molecule has 0 rings (SSSR count). The van der Waals surface area contributed by atoms with Crippen LogP contribution in [0.4, 0.5) is 0 Å². The van der Waals surface area contributed by atoms with E-state index in [-0.39, 0.29) is 31.7 Å². The van der Waals surface area contributed by atoms with Gasteiger partial charge in [0.2, 0.25) is 23.6 Å². The first-order valence-electron chi connectivity index (χ1n) is 8.14. The van der Waals surface area contributed by atoms with Crippen LogP contribution >= 0.6 is 0 Å². The van der Waals surface area contributed by atoms with Gasteiger partial charge < -0.3 is 32.5 Å². The zero-order chi connectivity index (χ0) is 20.3. The fraction of sp³-hybridized carbons (Fsp3) is 0.667. The molecule has 0 bridgehead atoms. The molecule has 0 unspecified atom stereocenters. The number of carbonyl (C=O) groups is 5. The van der Waals surface area contributed by atoms with Crippen LogP contribution in [0.25, 0.3) is 0 Å². The number of aliphatic carboxylic acids is 1. The molecule has 0 aliphatic rings. The maximum atomic E-state index is 12.4. The van der Waals surface area contributed by atoms with Gasteiger partial charge in [-0.3, -0.25) is 24.0 Å². The van der Waals surface area contributed by atoms with Gasteiger partial charge in [-0.25, -0.2) is 0 Å². The van der Waals surface area contributed by atoms with Gasteiger partial charge in [-0.2, -0.15) is 0 Å². The number of carboxylic acids is 1. The van der Waals surface area contributed by atoms with Crippen LogP contribution < -0.4 is 27.4 Å². The third-order valence-corrected chi connectivity index (χ3v) is 3.27. The Kier molecular flexibility index (Phi) is 10.6. The first kappa shape index (κ1) is 23.3. The van der Waals surface area contributed by atoms with E-state index in [2.05, 4.69) is 16.0 Å². The predicted molar refractivity (Wildman–Crippen MR) is 91.4 cm³/mol. The van der Waals surface area contributed by atoms with Crippen molar-refractivity contribution in [1.29, 1.82) is 0 Å². The number of amides is 4. The molecule has 0 aromatic carbocycles. The summed E-state index contributed by atoms with van der Waals surface area (Å²) in [4.78, 5) is 57.5. The second-order valence-electron chi connectivity index (χ2n) is 6.13. The number of hydrogen-bond acceptors (Lipinski definition) is 6. The largest absolute Gasteiger partial charge is 0.480 e. The fourth-order valence-electron chi connectivity index (χ4n) is 2.07. The van der Waals surface area contributed by atoms with E-state index in [1.165, 1.54) is 0 Å². The van der Waals surface area contributed by atoms with Crippen molar-refractivity contribution < 1.29 is 29.1 Å². The van der Waals surface area contributed by atoms with Gasteiger partial charge in [0.15, 0.2) is 0 Å². The van der Waals surface area contributed by atoms with Gasteiger partial charge >= 0.3 is 5.97 Å². The molecular formula is C15H27N5O6. The van der Waals surface area contributed by atoms with Gasteiger partial charge in [0.25, 0.3) is 0 Å². The molecule has 11 heteroatoms. The molecule has 0 fully saturated rings. The van der Waals surface area contributed by atoms with Gasteiger partial charge in [-0.15, -0.1) is 0 Å². The zero-order valence-corrected chi connectivity index (χ0v) is 14.9. The van der Waals surface area contributed by atoms with E-state index >= 15 is 0 Å². The summed E-state index contributed by atoms with van der Waals surface area (Å²) in [5, 5.41) is 15.7. The Hall–Kier alpha value is -2.69. The molecule has 0 aliphatic heterocycles. The van der Waals surface area contributed by atoms with E-state index < -0.39 is 48.2 Å². The number of primary amides is 1. The normalized spacial score (nSPS) is 12.8. The highest BCUT2D eigenvalue weighted by Crippen LogP contribution is 2.07. The molecule has 0 aliphatic carbocycles. The molecule has 4 amide bonds. The van der Waals surface area contributed by atoms with E-state index in [1.807, 2.05) is 13.8 Å². The molecule has 11 nitrogen and oxygen atoms in total. The van der Waals surface area contributed by atoms with Crippen molar-refractivity contribution in [2.45, 2.75) is 45.2 Å². The topological polar surface area (TPSA) is 194 Å². The van der Waals surface area contributed by atoms with Crippen molar-refractivity contribution >= 4 is 29.6 Å². The van der Waals surface area contributed by atoms with Crippen LogP contribution in [0.15, 0.2) is 0 Å². The van der Waals surface area contributed by atoms with E-state index in [4.69, 9.17) is 16.6 Å². The van der Waals surface area contributed by atoms with Gasteiger partial charge in [-0.1, -0.05) is 13.8 Å². The molecule has 0 aromatic rings. The quantitative estimate of drug-likeness (QED) is 0.216. The van der Waals surface area contributed by atoms with E-state index in [0.717, 1.165) is 0 Å². The smallest absolute Gasteiger partial charge is 0.322 e. The van der Waals surface area contributed by atoms with Gasteiger partial charge in [0, 0.05) is 6.42 Å². The van der Waals surface area contributed by atoms with Gasteiger partial charge in [-0.05, 0) is 18.8 Å². The molecule has 0 spiro atoms. The molecule has 8 N–H and O–H groups in total. The molecule has 0 saturated carbocycles. The average molecular weight is 373 g/mol. The lowest BCUT2D eigenvalue weighted by molar-refractivity contribution is -0.138. The minimum Gasteiger partial charge on any atom is -0.480 e. The number of hydrogen-bond donors (Lipinski definition) is 6. The van der Waals surface area contributed by atoms with Crippen LogP contribution in [0.3, 0.4) is 0 Å². The highest BCUT2D eigenvalue weighted by molar-refractivity contribution is 5.93. The summed E-state index contributed by atoms with van der Waals surface area (Å²) in [6, 6.07) is -2.09. The van der Waals surface area contributed by atoms with Crippen LogP contribution in [0.5, 0.6) is 0 Å². The second kappa shape index (κ2) is 11.8. The van der Waals surface area contributed by atoms with Crippen molar-refractivity contribution in [2.24, 2.45) is 17.4 Å². The molecule has 2 atom stereocenters. The van der Waals surface area contributed by atoms with E-state index in [0.29, 0.717) is 0 Å². The van der Waals surface area contributed by atoms with Gasteiger partial charge in [0.1, 0.15) is 18.6 Å². The highest BCUT2D eigenvalue weighted by Gasteiger charge is 2.27. The number of nitrogens with two attached hydrogens (primary N) is 2. The molecular weight excluding hydrogens is 346 g/mol.